The molecule has 1 aliphatic carbocycles. The van der Waals surface area contributed by atoms with Crippen LogP contribution in [0.1, 0.15) is 57.6 Å². The van der Waals surface area contributed by atoms with Gasteiger partial charge in [-0.3, -0.25) is 9.69 Å². The Bertz CT molecular complexity index is 1500. The van der Waals surface area contributed by atoms with Crippen molar-refractivity contribution in [1.82, 2.24) is 10.2 Å². The summed E-state index contributed by atoms with van der Waals surface area (Å²) in [7, 11) is -3.58. The van der Waals surface area contributed by atoms with Crippen LogP contribution in [0.25, 0.3) is 11.1 Å². The predicted molar refractivity (Wildman–Crippen MR) is 149 cm³/mol. The molecule has 1 N–H and O–H groups in total. The highest BCUT2D eigenvalue weighted by Crippen LogP contribution is 2.45. The third kappa shape index (κ3) is 6.13. The Labute approximate surface area is 235 Å². The van der Waals surface area contributed by atoms with E-state index >= 15 is 0 Å². The standard InChI is InChI=1S/C30H34N4O5S/c1-29(2,3)39-28(36)34-19-21-6-5-13-30(34,16-21)27(35)33-25(18-32)14-20-7-9-22(10-8-20)23-11-12-24(17-31)26(15-23)40(4,37)38/h7-12,15,21,25H,5-6,13-14,16,19H2,1-4H3,(H,33,35)/t21-,25+,30-/m1/s1. The minimum absolute atomic E-state index is 0.0273. The lowest BCUT2D eigenvalue weighted by atomic mass is 9.79. The fraction of sp³-hybridized carbons (Fsp3) is 0.467. The summed E-state index contributed by atoms with van der Waals surface area (Å²) in [6.45, 7) is 5.85. The molecule has 1 aliphatic heterocycles. The van der Waals surface area contributed by atoms with Gasteiger partial charge in [-0.25, -0.2) is 13.2 Å². The maximum Gasteiger partial charge on any atom is 0.411 e. The Hall–Kier alpha value is -3.89. The van der Waals surface area contributed by atoms with Gasteiger partial charge in [0, 0.05) is 19.2 Å². The second-order valence-corrected chi connectivity index (χ2v) is 13.7. The SMILES string of the molecule is CC(C)(C)OC(=O)N1C[C@@H]2CCC[C@]1(C(=O)N[C@H](C#N)Cc1ccc(-c3ccc(C#N)c(S(C)(=O)=O)c3)cc1)C2. The molecule has 2 bridgehead atoms. The molecule has 1 saturated carbocycles. The zero-order valence-corrected chi connectivity index (χ0v) is 24.0. The maximum atomic E-state index is 13.6. The third-order valence-corrected chi connectivity index (χ3v) is 8.65. The Morgan fingerprint density at radius 2 is 1.82 bits per heavy atom. The normalized spacial score (nSPS) is 21.1. The van der Waals surface area contributed by atoms with Crippen molar-refractivity contribution in [3.63, 3.8) is 0 Å². The van der Waals surface area contributed by atoms with Crippen molar-refractivity contribution in [2.24, 2.45) is 5.92 Å². The van der Waals surface area contributed by atoms with E-state index in [1.54, 1.807) is 31.7 Å². The molecular formula is C30H34N4O5S. The number of nitriles is 2. The van der Waals surface area contributed by atoms with E-state index in [0.29, 0.717) is 24.9 Å². The fourth-order valence-corrected chi connectivity index (χ4v) is 6.54. The molecule has 3 atom stereocenters. The van der Waals surface area contributed by atoms with Gasteiger partial charge in [-0.15, -0.1) is 0 Å². The largest absolute Gasteiger partial charge is 0.444 e. The topological polar surface area (TPSA) is 140 Å². The molecule has 1 saturated heterocycles. The van der Waals surface area contributed by atoms with E-state index < -0.39 is 33.1 Å². The molecule has 1 heterocycles. The first kappa shape index (κ1) is 29.1. The average Bonchev–Trinajstić information content (AvgIpc) is 3.17. The summed E-state index contributed by atoms with van der Waals surface area (Å²) in [5.41, 5.74) is 0.592. The zero-order chi connectivity index (χ0) is 29.3. The van der Waals surface area contributed by atoms with E-state index in [4.69, 9.17) is 4.74 Å². The van der Waals surface area contributed by atoms with Gasteiger partial charge in [0.2, 0.25) is 5.91 Å². The van der Waals surface area contributed by atoms with Crippen LogP contribution in [0, 0.1) is 28.6 Å². The Morgan fingerprint density at radius 1 is 1.15 bits per heavy atom. The van der Waals surface area contributed by atoms with Crippen LogP contribution in [-0.2, 0) is 25.8 Å². The van der Waals surface area contributed by atoms with Crippen molar-refractivity contribution >= 4 is 21.8 Å². The smallest absolute Gasteiger partial charge is 0.411 e. The molecule has 10 heteroatoms. The zero-order valence-electron chi connectivity index (χ0n) is 23.2. The van der Waals surface area contributed by atoms with Gasteiger partial charge in [0.15, 0.2) is 9.84 Å². The summed E-state index contributed by atoms with van der Waals surface area (Å²) >= 11 is 0. The maximum absolute atomic E-state index is 13.6. The van der Waals surface area contributed by atoms with Crippen molar-refractivity contribution in [2.45, 2.75) is 75.0 Å². The molecule has 2 amide bonds. The molecule has 0 spiro atoms. The predicted octanol–water partition coefficient (Wildman–Crippen LogP) is 4.36. The number of rotatable bonds is 6. The van der Waals surface area contributed by atoms with Crippen LogP contribution >= 0.6 is 0 Å². The number of hydrogen-bond acceptors (Lipinski definition) is 7. The molecule has 4 rings (SSSR count). The van der Waals surface area contributed by atoms with Crippen molar-refractivity contribution < 1.29 is 22.7 Å². The van der Waals surface area contributed by atoms with Crippen molar-refractivity contribution in [3.8, 4) is 23.3 Å². The molecule has 0 unspecified atom stereocenters. The van der Waals surface area contributed by atoms with Crippen LogP contribution in [0.4, 0.5) is 4.79 Å². The molecule has 0 radical (unpaired) electrons. The number of carbonyl (C=O) groups excluding carboxylic acids is 2. The highest BCUT2D eigenvalue weighted by Gasteiger charge is 2.56. The van der Waals surface area contributed by atoms with Crippen molar-refractivity contribution in [3.05, 3.63) is 53.6 Å². The second kappa shape index (κ2) is 10.9. The number of fused-ring (bicyclic) bond motifs is 2. The van der Waals surface area contributed by atoms with Gasteiger partial charge < -0.3 is 10.1 Å². The van der Waals surface area contributed by atoms with Gasteiger partial charge in [-0.2, -0.15) is 10.5 Å². The summed E-state index contributed by atoms with van der Waals surface area (Å²) in [5, 5.41) is 22.0. The van der Waals surface area contributed by atoms with Crippen LogP contribution in [0.3, 0.4) is 0 Å². The number of nitrogens with one attached hydrogen (secondary N) is 1. The highest BCUT2D eigenvalue weighted by atomic mass is 32.2. The number of likely N-dealkylation sites (tertiary alicyclic amines) is 1. The molecule has 2 aliphatic rings. The number of amides is 2. The summed E-state index contributed by atoms with van der Waals surface area (Å²) in [6, 6.07) is 15.2. The highest BCUT2D eigenvalue weighted by molar-refractivity contribution is 7.90. The quantitative estimate of drug-likeness (QED) is 0.552. The van der Waals surface area contributed by atoms with Crippen molar-refractivity contribution in [1.29, 1.82) is 10.5 Å². The van der Waals surface area contributed by atoms with Crippen molar-refractivity contribution in [2.75, 3.05) is 12.8 Å². The molecule has 0 aromatic heterocycles. The van der Waals surface area contributed by atoms with E-state index in [0.717, 1.165) is 30.2 Å². The lowest BCUT2D eigenvalue weighted by Crippen LogP contribution is -2.59. The first-order chi connectivity index (χ1) is 18.8. The monoisotopic (exact) mass is 562 g/mol. The lowest BCUT2D eigenvalue weighted by molar-refractivity contribution is -0.133. The Balaban J connectivity index is 1.49. The van der Waals surface area contributed by atoms with Crippen LogP contribution in [0.15, 0.2) is 47.4 Å². The van der Waals surface area contributed by atoms with Gasteiger partial charge in [0.25, 0.3) is 0 Å². The first-order valence-corrected chi connectivity index (χ1v) is 15.2. The molecule has 2 fully saturated rings. The van der Waals surface area contributed by atoms with Gasteiger partial charge in [0.05, 0.1) is 16.5 Å². The third-order valence-electron chi connectivity index (χ3n) is 7.51. The van der Waals surface area contributed by atoms with E-state index in [-0.39, 0.29) is 28.7 Å². The fourth-order valence-electron chi connectivity index (χ4n) is 5.69. The average molecular weight is 563 g/mol. The van der Waals surface area contributed by atoms with Crippen LogP contribution in [0.5, 0.6) is 0 Å². The van der Waals surface area contributed by atoms with Crippen LogP contribution in [0.2, 0.25) is 0 Å². The Kier molecular flexibility index (Phi) is 7.96. The number of ether oxygens (including phenoxy) is 1. The van der Waals surface area contributed by atoms with E-state index in [9.17, 15) is 28.5 Å². The summed E-state index contributed by atoms with van der Waals surface area (Å²) in [5.74, 6) is -0.0971. The molecule has 2 aromatic rings. The number of sulfone groups is 1. The number of nitrogens with zero attached hydrogens (tertiary/aromatic N) is 3. The van der Waals surface area contributed by atoms with Gasteiger partial charge >= 0.3 is 6.09 Å². The summed E-state index contributed by atoms with van der Waals surface area (Å²) in [4.78, 5) is 28.2. The second-order valence-electron chi connectivity index (χ2n) is 11.7. The van der Waals surface area contributed by atoms with E-state index in [2.05, 4.69) is 11.4 Å². The molecule has 210 valence electrons. The van der Waals surface area contributed by atoms with Crippen LogP contribution in [-0.4, -0.2) is 55.3 Å². The lowest BCUT2D eigenvalue weighted by Gasteiger charge is -2.39. The molecule has 2 aromatic carbocycles. The molecule has 9 nitrogen and oxygen atoms in total. The first-order valence-electron chi connectivity index (χ1n) is 13.3. The minimum Gasteiger partial charge on any atom is -0.444 e. The van der Waals surface area contributed by atoms with E-state index in [1.165, 1.54) is 12.1 Å². The van der Waals surface area contributed by atoms with E-state index in [1.807, 2.05) is 30.3 Å². The minimum atomic E-state index is -3.58. The van der Waals surface area contributed by atoms with Crippen LogP contribution < -0.4 is 5.32 Å². The number of carbonyl (C=O) groups is 2. The van der Waals surface area contributed by atoms with Gasteiger partial charge in [-0.1, -0.05) is 36.8 Å². The van der Waals surface area contributed by atoms with Gasteiger partial charge in [-0.05, 0) is 74.8 Å². The number of hydrogen-bond donors (Lipinski definition) is 1. The summed E-state index contributed by atoms with van der Waals surface area (Å²) < 4.78 is 29.9. The number of benzene rings is 2. The van der Waals surface area contributed by atoms with Gasteiger partial charge in [0.1, 0.15) is 23.3 Å². The molecular weight excluding hydrogens is 528 g/mol. The molecule has 40 heavy (non-hydrogen) atoms. The Morgan fingerprint density at radius 3 is 2.42 bits per heavy atom. The summed E-state index contributed by atoms with van der Waals surface area (Å²) in [6.07, 6.45) is 3.69.